The first-order valence-corrected chi connectivity index (χ1v) is 9.91. The van der Waals surface area contributed by atoms with Crippen molar-refractivity contribution in [2.75, 3.05) is 40.0 Å². The maximum Gasteiger partial charge on any atom is 0.254 e. The van der Waals surface area contributed by atoms with Gasteiger partial charge in [0.15, 0.2) is 17.8 Å². The van der Waals surface area contributed by atoms with E-state index in [2.05, 4.69) is 13.8 Å². The Morgan fingerprint density at radius 2 is 2.04 bits per heavy atom. The second-order valence-electron chi connectivity index (χ2n) is 7.66. The van der Waals surface area contributed by atoms with Gasteiger partial charge in [-0.15, -0.1) is 0 Å². The van der Waals surface area contributed by atoms with Crippen molar-refractivity contribution < 1.29 is 23.7 Å². The van der Waals surface area contributed by atoms with Crippen LogP contribution in [0.1, 0.15) is 43.5 Å². The Balaban J connectivity index is 1.64. The van der Waals surface area contributed by atoms with E-state index in [1.54, 1.807) is 13.2 Å². The van der Waals surface area contributed by atoms with Crippen LogP contribution >= 0.6 is 0 Å². The van der Waals surface area contributed by atoms with Gasteiger partial charge in [-0.05, 0) is 43.4 Å². The maximum atomic E-state index is 13.0. The van der Waals surface area contributed by atoms with E-state index in [1.165, 1.54) is 0 Å². The van der Waals surface area contributed by atoms with Gasteiger partial charge in [0.05, 0.1) is 26.9 Å². The van der Waals surface area contributed by atoms with Crippen molar-refractivity contribution in [3.63, 3.8) is 0 Å². The van der Waals surface area contributed by atoms with Gasteiger partial charge in [0.1, 0.15) is 0 Å². The highest BCUT2D eigenvalue weighted by Gasteiger charge is 2.33. The zero-order chi connectivity index (χ0) is 19.2. The summed E-state index contributed by atoms with van der Waals surface area (Å²) < 4.78 is 22.5. The SMILES string of the molecule is COc1cc(C(=O)N2CCCC(C3OCCO3)C2)ccc1OCCC(C)C. The minimum absolute atomic E-state index is 0.0183. The summed E-state index contributed by atoms with van der Waals surface area (Å²) in [6, 6.07) is 5.43. The molecule has 2 heterocycles. The second kappa shape index (κ2) is 9.42. The lowest BCUT2D eigenvalue weighted by Crippen LogP contribution is -2.43. The second-order valence-corrected chi connectivity index (χ2v) is 7.66. The third-order valence-electron chi connectivity index (χ3n) is 5.14. The average Bonchev–Trinajstić information content (AvgIpc) is 3.22. The summed E-state index contributed by atoms with van der Waals surface area (Å²) in [6.45, 7) is 7.67. The molecule has 150 valence electrons. The van der Waals surface area contributed by atoms with Gasteiger partial charge in [-0.25, -0.2) is 0 Å². The lowest BCUT2D eigenvalue weighted by atomic mass is 9.96. The van der Waals surface area contributed by atoms with Crippen LogP contribution in [0.25, 0.3) is 0 Å². The van der Waals surface area contributed by atoms with Gasteiger partial charge in [0.25, 0.3) is 5.91 Å². The van der Waals surface area contributed by atoms with Gasteiger partial charge in [-0.2, -0.15) is 0 Å². The number of carbonyl (C=O) groups excluding carboxylic acids is 1. The number of methoxy groups -OCH3 is 1. The highest BCUT2D eigenvalue weighted by molar-refractivity contribution is 5.95. The highest BCUT2D eigenvalue weighted by Crippen LogP contribution is 2.30. The van der Waals surface area contributed by atoms with Gasteiger partial charge in [-0.3, -0.25) is 4.79 Å². The summed E-state index contributed by atoms with van der Waals surface area (Å²) in [5.74, 6) is 2.12. The lowest BCUT2D eigenvalue weighted by Gasteiger charge is -2.34. The van der Waals surface area contributed by atoms with E-state index in [-0.39, 0.29) is 18.1 Å². The summed E-state index contributed by atoms with van der Waals surface area (Å²) in [5.41, 5.74) is 0.622. The zero-order valence-electron chi connectivity index (χ0n) is 16.6. The summed E-state index contributed by atoms with van der Waals surface area (Å²) in [7, 11) is 1.60. The van der Waals surface area contributed by atoms with Crippen LogP contribution in [0.2, 0.25) is 0 Å². The molecule has 6 nitrogen and oxygen atoms in total. The normalized spacial score (nSPS) is 20.9. The summed E-state index contributed by atoms with van der Waals surface area (Å²) in [5, 5.41) is 0. The van der Waals surface area contributed by atoms with E-state index in [1.807, 2.05) is 17.0 Å². The van der Waals surface area contributed by atoms with E-state index in [9.17, 15) is 4.79 Å². The van der Waals surface area contributed by atoms with Crippen molar-refractivity contribution in [1.29, 1.82) is 0 Å². The van der Waals surface area contributed by atoms with Gasteiger partial charge in [0, 0.05) is 24.6 Å². The van der Waals surface area contributed by atoms with Crippen molar-refractivity contribution in [2.45, 2.75) is 39.4 Å². The van der Waals surface area contributed by atoms with Crippen LogP contribution in [-0.2, 0) is 9.47 Å². The monoisotopic (exact) mass is 377 g/mol. The Labute approximate surface area is 161 Å². The van der Waals surface area contributed by atoms with E-state index in [4.69, 9.17) is 18.9 Å². The van der Waals surface area contributed by atoms with Gasteiger partial charge in [0.2, 0.25) is 0 Å². The first kappa shape index (κ1) is 20.0. The number of benzene rings is 1. The largest absolute Gasteiger partial charge is 0.493 e. The lowest BCUT2D eigenvalue weighted by molar-refractivity contribution is -0.0969. The number of hydrogen-bond acceptors (Lipinski definition) is 5. The third-order valence-corrected chi connectivity index (χ3v) is 5.14. The molecule has 1 amide bonds. The Morgan fingerprint density at radius 1 is 1.26 bits per heavy atom. The molecule has 1 atom stereocenters. The number of hydrogen-bond donors (Lipinski definition) is 0. The van der Waals surface area contributed by atoms with Crippen LogP contribution in [0.15, 0.2) is 18.2 Å². The molecular weight excluding hydrogens is 346 g/mol. The number of rotatable bonds is 7. The fraction of sp³-hybridized carbons (Fsp3) is 0.667. The number of piperidine rings is 1. The van der Waals surface area contributed by atoms with Crippen molar-refractivity contribution >= 4 is 5.91 Å². The molecule has 0 bridgehead atoms. The van der Waals surface area contributed by atoms with Gasteiger partial charge < -0.3 is 23.8 Å². The van der Waals surface area contributed by atoms with Crippen LogP contribution in [0.4, 0.5) is 0 Å². The molecule has 1 aromatic rings. The molecule has 3 rings (SSSR count). The Hall–Kier alpha value is -1.79. The first-order valence-electron chi connectivity index (χ1n) is 9.91. The number of nitrogens with zero attached hydrogens (tertiary/aromatic N) is 1. The molecule has 2 aliphatic heterocycles. The molecule has 1 unspecified atom stereocenters. The Bertz CT molecular complexity index is 627. The smallest absolute Gasteiger partial charge is 0.254 e. The molecule has 0 aromatic heterocycles. The molecule has 27 heavy (non-hydrogen) atoms. The molecule has 1 aromatic carbocycles. The van der Waals surface area contributed by atoms with E-state index in [0.717, 1.165) is 25.8 Å². The van der Waals surface area contributed by atoms with Crippen LogP contribution in [0.5, 0.6) is 11.5 Å². The standard InChI is InChI=1S/C21H31NO5/c1-15(2)8-10-25-18-7-6-16(13-19(18)24-3)20(23)22-9-4-5-17(14-22)21-26-11-12-27-21/h6-7,13,15,17,21H,4-5,8-12,14H2,1-3H3. The molecule has 2 aliphatic rings. The first-order chi connectivity index (χ1) is 13.1. The minimum Gasteiger partial charge on any atom is -0.493 e. The molecule has 2 fully saturated rings. The topological polar surface area (TPSA) is 57.2 Å². The Morgan fingerprint density at radius 3 is 2.74 bits per heavy atom. The van der Waals surface area contributed by atoms with E-state index in [0.29, 0.717) is 49.3 Å². The maximum absolute atomic E-state index is 13.0. The fourth-order valence-corrected chi connectivity index (χ4v) is 3.57. The van der Waals surface area contributed by atoms with Crippen molar-refractivity contribution in [1.82, 2.24) is 4.90 Å². The molecule has 0 radical (unpaired) electrons. The summed E-state index contributed by atoms with van der Waals surface area (Å²) in [6.07, 6.45) is 2.80. The number of likely N-dealkylation sites (tertiary alicyclic amines) is 1. The van der Waals surface area contributed by atoms with Gasteiger partial charge in [-0.1, -0.05) is 13.8 Å². The molecule has 0 saturated carbocycles. The predicted molar refractivity (Wildman–Crippen MR) is 102 cm³/mol. The van der Waals surface area contributed by atoms with Gasteiger partial charge >= 0.3 is 0 Å². The Kier molecular flexibility index (Phi) is 6.96. The quantitative estimate of drug-likeness (QED) is 0.729. The molecule has 0 spiro atoms. The van der Waals surface area contributed by atoms with Crippen LogP contribution in [-0.4, -0.2) is 57.1 Å². The highest BCUT2D eigenvalue weighted by atomic mass is 16.7. The van der Waals surface area contributed by atoms with Crippen LogP contribution in [0.3, 0.4) is 0 Å². The number of ether oxygens (including phenoxy) is 4. The summed E-state index contributed by atoms with van der Waals surface area (Å²) >= 11 is 0. The molecular formula is C21H31NO5. The third kappa shape index (κ3) is 5.14. The van der Waals surface area contributed by atoms with Crippen molar-refractivity contribution in [2.24, 2.45) is 11.8 Å². The summed E-state index contributed by atoms with van der Waals surface area (Å²) in [4.78, 5) is 14.9. The van der Waals surface area contributed by atoms with Crippen LogP contribution in [0, 0.1) is 11.8 Å². The number of carbonyl (C=O) groups is 1. The van der Waals surface area contributed by atoms with Crippen molar-refractivity contribution in [3.8, 4) is 11.5 Å². The van der Waals surface area contributed by atoms with E-state index >= 15 is 0 Å². The predicted octanol–water partition coefficient (Wildman–Crippen LogP) is 3.35. The average molecular weight is 377 g/mol. The molecule has 0 N–H and O–H groups in total. The molecule has 0 aliphatic carbocycles. The molecule has 2 saturated heterocycles. The number of amides is 1. The van der Waals surface area contributed by atoms with Crippen LogP contribution < -0.4 is 9.47 Å². The minimum atomic E-state index is -0.174. The van der Waals surface area contributed by atoms with E-state index < -0.39 is 0 Å². The fourth-order valence-electron chi connectivity index (χ4n) is 3.57. The van der Waals surface area contributed by atoms with Crippen molar-refractivity contribution in [3.05, 3.63) is 23.8 Å². The zero-order valence-corrected chi connectivity index (χ0v) is 16.6. The molecule has 6 heteroatoms.